The minimum atomic E-state index is 0.759. The molecule has 1 unspecified atom stereocenters. The van der Waals surface area contributed by atoms with Crippen LogP contribution in [0.25, 0.3) is 0 Å². The molecule has 0 saturated carbocycles. The SMILES string of the molecule is C=C(CC)CNCC(C)C(C)C. The van der Waals surface area contributed by atoms with Gasteiger partial charge in [0.1, 0.15) is 0 Å². The van der Waals surface area contributed by atoms with Crippen molar-refractivity contribution in [2.75, 3.05) is 13.1 Å². The van der Waals surface area contributed by atoms with Crippen LogP contribution in [0.4, 0.5) is 0 Å². The van der Waals surface area contributed by atoms with Crippen molar-refractivity contribution in [3.8, 4) is 0 Å². The molecule has 0 aliphatic carbocycles. The highest BCUT2D eigenvalue weighted by atomic mass is 14.9. The number of hydrogen-bond donors (Lipinski definition) is 1. The zero-order valence-electron chi connectivity index (χ0n) is 8.98. The van der Waals surface area contributed by atoms with Crippen LogP contribution in [0.5, 0.6) is 0 Å². The number of rotatable bonds is 6. The van der Waals surface area contributed by atoms with E-state index in [-0.39, 0.29) is 0 Å². The highest BCUT2D eigenvalue weighted by Crippen LogP contribution is 2.07. The molecule has 0 aliphatic rings. The normalized spacial score (nSPS) is 13.4. The summed E-state index contributed by atoms with van der Waals surface area (Å²) >= 11 is 0. The summed E-state index contributed by atoms with van der Waals surface area (Å²) in [4.78, 5) is 0. The first-order valence-corrected chi connectivity index (χ1v) is 4.95. The molecule has 0 bridgehead atoms. The quantitative estimate of drug-likeness (QED) is 0.603. The minimum absolute atomic E-state index is 0.759. The molecule has 0 rings (SSSR count). The lowest BCUT2D eigenvalue weighted by Gasteiger charge is -2.16. The van der Waals surface area contributed by atoms with E-state index >= 15 is 0 Å². The summed E-state index contributed by atoms with van der Waals surface area (Å²) < 4.78 is 0. The van der Waals surface area contributed by atoms with Crippen molar-refractivity contribution >= 4 is 0 Å². The second kappa shape index (κ2) is 6.24. The van der Waals surface area contributed by atoms with E-state index in [4.69, 9.17) is 0 Å². The van der Waals surface area contributed by atoms with E-state index < -0.39 is 0 Å². The zero-order chi connectivity index (χ0) is 9.56. The molecule has 0 saturated heterocycles. The van der Waals surface area contributed by atoms with Crippen molar-refractivity contribution in [1.29, 1.82) is 0 Å². The molecule has 0 spiro atoms. The van der Waals surface area contributed by atoms with Crippen LogP contribution in [-0.4, -0.2) is 13.1 Å². The monoisotopic (exact) mass is 169 g/mol. The van der Waals surface area contributed by atoms with Crippen molar-refractivity contribution in [2.24, 2.45) is 11.8 Å². The molecule has 0 radical (unpaired) electrons. The molecular weight excluding hydrogens is 146 g/mol. The van der Waals surface area contributed by atoms with Gasteiger partial charge in [0.05, 0.1) is 0 Å². The zero-order valence-corrected chi connectivity index (χ0v) is 8.98. The summed E-state index contributed by atoms with van der Waals surface area (Å²) in [5, 5.41) is 3.42. The van der Waals surface area contributed by atoms with Crippen LogP contribution in [0, 0.1) is 11.8 Å². The molecular formula is C11H23N. The molecule has 1 nitrogen and oxygen atoms in total. The summed E-state index contributed by atoms with van der Waals surface area (Å²) in [7, 11) is 0. The highest BCUT2D eigenvalue weighted by Gasteiger charge is 2.05. The van der Waals surface area contributed by atoms with Crippen LogP contribution in [0.2, 0.25) is 0 Å². The fourth-order valence-corrected chi connectivity index (χ4v) is 0.837. The molecule has 0 amide bonds. The second-order valence-corrected chi connectivity index (χ2v) is 3.96. The average molecular weight is 169 g/mol. The molecule has 0 fully saturated rings. The van der Waals surface area contributed by atoms with Gasteiger partial charge in [0.2, 0.25) is 0 Å². The van der Waals surface area contributed by atoms with Crippen molar-refractivity contribution in [3.05, 3.63) is 12.2 Å². The molecule has 1 atom stereocenters. The van der Waals surface area contributed by atoms with Crippen LogP contribution in [-0.2, 0) is 0 Å². The van der Waals surface area contributed by atoms with Crippen molar-refractivity contribution in [2.45, 2.75) is 34.1 Å². The molecule has 12 heavy (non-hydrogen) atoms. The van der Waals surface area contributed by atoms with Gasteiger partial charge in [-0.25, -0.2) is 0 Å². The minimum Gasteiger partial charge on any atom is -0.313 e. The molecule has 0 heterocycles. The van der Waals surface area contributed by atoms with Gasteiger partial charge in [-0.05, 0) is 24.8 Å². The third kappa shape index (κ3) is 5.36. The van der Waals surface area contributed by atoms with Gasteiger partial charge in [0, 0.05) is 6.54 Å². The van der Waals surface area contributed by atoms with Crippen LogP contribution < -0.4 is 5.32 Å². The van der Waals surface area contributed by atoms with Gasteiger partial charge in [-0.15, -0.1) is 0 Å². The van der Waals surface area contributed by atoms with Crippen molar-refractivity contribution in [1.82, 2.24) is 5.32 Å². The standard InChI is InChI=1S/C11H23N/c1-6-10(4)7-12-8-11(5)9(2)3/h9,11-12H,4,6-8H2,1-3,5H3. The van der Waals surface area contributed by atoms with Gasteiger partial charge in [-0.1, -0.05) is 39.8 Å². The second-order valence-electron chi connectivity index (χ2n) is 3.96. The van der Waals surface area contributed by atoms with E-state index in [0.29, 0.717) is 0 Å². The van der Waals surface area contributed by atoms with E-state index in [1.807, 2.05) is 0 Å². The van der Waals surface area contributed by atoms with Crippen LogP contribution in [0.15, 0.2) is 12.2 Å². The average Bonchev–Trinajstić information content (AvgIpc) is 2.03. The van der Waals surface area contributed by atoms with Crippen LogP contribution >= 0.6 is 0 Å². The Morgan fingerprint density at radius 2 is 1.92 bits per heavy atom. The smallest absolute Gasteiger partial charge is 0.0161 e. The molecule has 0 aliphatic heterocycles. The lowest BCUT2D eigenvalue weighted by molar-refractivity contribution is 0.398. The largest absolute Gasteiger partial charge is 0.313 e. The van der Waals surface area contributed by atoms with Crippen LogP contribution in [0.1, 0.15) is 34.1 Å². The highest BCUT2D eigenvalue weighted by molar-refractivity contribution is 4.94. The van der Waals surface area contributed by atoms with Crippen molar-refractivity contribution < 1.29 is 0 Å². The maximum Gasteiger partial charge on any atom is 0.0161 e. The topological polar surface area (TPSA) is 12.0 Å². The molecule has 0 aromatic carbocycles. The molecule has 1 heteroatoms. The Morgan fingerprint density at radius 3 is 2.33 bits per heavy atom. The van der Waals surface area contributed by atoms with Crippen molar-refractivity contribution in [3.63, 3.8) is 0 Å². The Morgan fingerprint density at radius 1 is 1.33 bits per heavy atom. The number of nitrogens with one attached hydrogen (secondary N) is 1. The maximum absolute atomic E-state index is 3.95. The Labute approximate surface area is 77.2 Å². The summed E-state index contributed by atoms with van der Waals surface area (Å²) in [6, 6.07) is 0. The summed E-state index contributed by atoms with van der Waals surface area (Å²) in [6.45, 7) is 15.0. The first-order chi connectivity index (χ1) is 5.57. The fraction of sp³-hybridized carbons (Fsp3) is 0.818. The van der Waals surface area contributed by atoms with Gasteiger partial charge < -0.3 is 5.32 Å². The summed E-state index contributed by atoms with van der Waals surface area (Å²) in [6.07, 6.45) is 1.09. The third-order valence-electron chi connectivity index (χ3n) is 2.48. The lowest BCUT2D eigenvalue weighted by atomic mass is 9.98. The van der Waals surface area contributed by atoms with E-state index in [0.717, 1.165) is 31.3 Å². The van der Waals surface area contributed by atoms with Gasteiger partial charge in [-0.2, -0.15) is 0 Å². The first-order valence-electron chi connectivity index (χ1n) is 4.95. The predicted molar refractivity (Wildman–Crippen MR) is 56.3 cm³/mol. The summed E-state index contributed by atoms with van der Waals surface area (Å²) in [5.41, 5.74) is 1.30. The van der Waals surface area contributed by atoms with E-state index in [1.165, 1.54) is 5.57 Å². The summed E-state index contributed by atoms with van der Waals surface area (Å²) in [5.74, 6) is 1.53. The Hall–Kier alpha value is -0.300. The Kier molecular flexibility index (Phi) is 6.09. The Balaban J connectivity index is 3.37. The van der Waals surface area contributed by atoms with E-state index in [1.54, 1.807) is 0 Å². The van der Waals surface area contributed by atoms with Gasteiger partial charge in [0.25, 0.3) is 0 Å². The predicted octanol–water partition coefficient (Wildman–Crippen LogP) is 2.83. The maximum atomic E-state index is 3.95. The lowest BCUT2D eigenvalue weighted by Crippen LogP contribution is -2.25. The molecule has 1 N–H and O–H groups in total. The van der Waals surface area contributed by atoms with Gasteiger partial charge in [0.15, 0.2) is 0 Å². The van der Waals surface area contributed by atoms with Gasteiger partial charge >= 0.3 is 0 Å². The molecule has 0 aromatic rings. The van der Waals surface area contributed by atoms with E-state index in [9.17, 15) is 0 Å². The molecule has 72 valence electrons. The third-order valence-corrected chi connectivity index (χ3v) is 2.48. The first kappa shape index (κ1) is 11.7. The van der Waals surface area contributed by atoms with E-state index in [2.05, 4.69) is 39.6 Å². The van der Waals surface area contributed by atoms with Crippen LogP contribution in [0.3, 0.4) is 0 Å². The molecule has 0 aromatic heterocycles. The van der Waals surface area contributed by atoms with Gasteiger partial charge in [-0.3, -0.25) is 0 Å². The fourth-order valence-electron chi connectivity index (χ4n) is 0.837. The Bertz CT molecular complexity index is 127. The number of hydrogen-bond acceptors (Lipinski definition) is 1.